The number of rotatable bonds is 5. The van der Waals surface area contributed by atoms with Gasteiger partial charge in [-0.1, -0.05) is 6.07 Å². The Morgan fingerprint density at radius 1 is 1.40 bits per heavy atom. The van der Waals surface area contributed by atoms with Crippen LogP contribution in [0.1, 0.15) is 43.7 Å². The van der Waals surface area contributed by atoms with Gasteiger partial charge in [-0.2, -0.15) is 5.10 Å². The van der Waals surface area contributed by atoms with Crippen molar-refractivity contribution in [3.05, 3.63) is 44.9 Å². The Bertz CT molecular complexity index is 927. The Morgan fingerprint density at radius 2 is 2.16 bits per heavy atom. The second-order valence-electron chi connectivity index (χ2n) is 5.51. The summed E-state index contributed by atoms with van der Waals surface area (Å²) in [5.41, 5.74) is 1.56. The van der Waals surface area contributed by atoms with E-state index < -0.39 is 12.0 Å². The first-order valence-corrected chi connectivity index (χ1v) is 9.15. The lowest BCUT2D eigenvalue weighted by Gasteiger charge is -2.10. The molecule has 0 radical (unpaired) electrons. The Kier molecular flexibility index (Phi) is 4.69. The Hall–Kier alpha value is -2.52. The highest BCUT2D eigenvalue weighted by molar-refractivity contribution is 7.14. The first kappa shape index (κ1) is 17.3. The molecule has 3 rings (SSSR count). The van der Waals surface area contributed by atoms with Crippen LogP contribution in [0, 0.1) is 6.92 Å². The van der Waals surface area contributed by atoms with E-state index in [0.717, 1.165) is 16.2 Å². The van der Waals surface area contributed by atoms with Crippen molar-refractivity contribution >= 4 is 34.6 Å². The molecule has 0 bridgehead atoms. The summed E-state index contributed by atoms with van der Waals surface area (Å²) >= 11 is 2.59. The van der Waals surface area contributed by atoms with Gasteiger partial charge in [0.05, 0.1) is 22.2 Å². The van der Waals surface area contributed by atoms with Crippen LogP contribution in [0.4, 0.5) is 0 Å². The maximum Gasteiger partial charge on any atom is 0.347 e. The molecular weight excluding hydrogens is 360 g/mol. The number of nitrogens with one attached hydrogen (secondary N) is 1. The smallest absolute Gasteiger partial charge is 0.347 e. The number of carboxylic acids is 1. The van der Waals surface area contributed by atoms with Crippen molar-refractivity contribution in [1.29, 1.82) is 0 Å². The molecule has 1 unspecified atom stereocenters. The van der Waals surface area contributed by atoms with E-state index in [1.54, 1.807) is 31.8 Å². The normalized spacial score (nSPS) is 12.1. The van der Waals surface area contributed by atoms with Gasteiger partial charge in [-0.15, -0.1) is 22.7 Å². The maximum atomic E-state index is 12.7. The van der Waals surface area contributed by atoms with E-state index in [4.69, 9.17) is 5.11 Å². The molecule has 0 fully saturated rings. The second kappa shape index (κ2) is 6.77. The summed E-state index contributed by atoms with van der Waals surface area (Å²) in [6.07, 6.45) is 1.67. The largest absolute Gasteiger partial charge is 0.477 e. The number of thiazole rings is 1. The molecule has 0 saturated heterocycles. The minimum absolute atomic E-state index is 0.191. The summed E-state index contributed by atoms with van der Waals surface area (Å²) in [5, 5.41) is 18.9. The van der Waals surface area contributed by atoms with Crippen LogP contribution < -0.4 is 5.32 Å². The highest BCUT2D eigenvalue weighted by Gasteiger charge is 2.22. The summed E-state index contributed by atoms with van der Waals surface area (Å²) in [4.78, 5) is 29.2. The summed E-state index contributed by atoms with van der Waals surface area (Å²) in [5.74, 6) is -1.28. The van der Waals surface area contributed by atoms with Crippen LogP contribution in [0.25, 0.3) is 10.6 Å². The van der Waals surface area contributed by atoms with E-state index in [1.807, 2.05) is 17.5 Å². The van der Waals surface area contributed by atoms with Crippen molar-refractivity contribution in [1.82, 2.24) is 20.1 Å². The molecule has 0 aliphatic rings. The number of amides is 1. The van der Waals surface area contributed by atoms with Crippen LogP contribution >= 0.6 is 22.7 Å². The predicted molar refractivity (Wildman–Crippen MR) is 96.2 cm³/mol. The number of carboxylic acid groups (broad SMARTS) is 1. The number of aryl methyl sites for hydroxylation is 2. The van der Waals surface area contributed by atoms with Gasteiger partial charge in [0.2, 0.25) is 0 Å². The van der Waals surface area contributed by atoms with E-state index in [2.05, 4.69) is 15.4 Å². The highest BCUT2D eigenvalue weighted by atomic mass is 32.1. The molecule has 3 heterocycles. The molecule has 0 aliphatic heterocycles. The van der Waals surface area contributed by atoms with Gasteiger partial charge < -0.3 is 10.4 Å². The summed E-state index contributed by atoms with van der Waals surface area (Å²) in [6.45, 7) is 3.43. The summed E-state index contributed by atoms with van der Waals surface area (Å²) < 4.78 is 1.60. The van der Waals surface area contributed by atoms with E-state index in [-0.39, 0.29) is 10.8 Å². The molecule has 3 aromatic heterocycles. The lowest BCUT2D eigenvalue weighted by atomic mass is 10.2. The molecule has 130 valence electrons. The Labute approximate surface area is 152 Å². The minimum atomic E-state index is -1.01. The average Bonchev–Trinajstić information content (AvgIpc) is 3.25. The first-order chi connectivity index (χ1) is 11.9. The van der Waals surface area contributed by atoms with Crippen molar-refractivity contribution in [2.24, 2.45) is 7.05 Å². The van der Waals surface area contributed by atoms with E-state index in [9.17, 15) is 9.59 Å². The number of hydrogen-bond donors (Lipinski definition) is 2. The molecule has 2 N–H and O–H groups in total. The average molecular weight is 376 g/mol. The molecule has 25 heavy (non-hydrogen) atoms. The van der Waals surface area contributed by atoms with Crippen molar-refractivity contribution in [3.63, 3.8) is 0 Å². The number of aromatic carboxylic acids is 1. The van der Waals surface area contributed by atoms with Crippen molar-refractivity contribution < 1.29 is 14.7 Å². The molecule has 7 nitrogen and oxygen atoms in total. The minimum Gasteiger partial charge on any atom is -0.477 e. The Balaban J connectivity index is 1.83. The summed E-state index contributed by atoms with van der Waals surface area (Å²) in [6, 6.07) is 3.42. The second-order valence-corrected chi connectivity index (χ2v) is 7.49. The quantitative estimate of drug-likeness (QED) is 0.713. The zero-order chi connectivity index (χ0) is 18.1. The van der Waals surface area contributed by atoms with Gasteiger partial charge in [0.25, 0.3) is 5.91 Å². The van der Waals surface area contributed by atoms with Gasteiger partial charge in [0, 0.05) is 13.2 Å². The van der Waals surface area contributed by atoms with Crippen molar-refractivity contribution in [2.75, 3.05) is 0 Å². The third-order valence-corrected chi connectivity index (χ3v) is 5.76. The number of thiophene rings is 1. The predicted octanol–water partition coefficient (Wildman–Crippen LogP) is 3.10. The van der Waals surface area contributed by atoms with E-state index in [1.165, 1.54) is 11.3 Å². The molecule has 0 spiro atoms. The fourth-order valence-corrected chi connectivity index (χ4v) is 4.02. The lowest BCUT2D eigenvalue weighted by Crippen LogP contribution is -2.26. The zero-order valence-electron chi connectivity index (χ0n) is 13.8. The lowest BCUT2D eigenvalue weighted by molar-refractivity contribution is 0.0701. The molecule has 0 aromatic carbocycles. The third kappa shape index (κ3) is 3.47. The zero-order valence-corrected chi connectivity index (χ0v) is 15.4. The number of aromatic nitrogens is 3. The SMILES string of the molecule is Cc1nc(C(C)NC(=O)c2cn(C)nc2-c2cccs2)sc1C(=O)O. The number of hydrogen-bond acceptors (Lipinski definition) is 6. The topological polar surface area (TPSA) is 97.1 Å². The van der Waals surface area contributed by atoms with Gasteiger partial charge in [-0.3, -0.25) is 9.48 Å². The molecular formula is C16H16N4O3S2. The molecule has 0 aliphatic carbocycles. The molecule has 1 amide bonds. The van der Waals surface area contributed by atoms with Gasteiger partial charge in [-0.25, -0.2) is 9.78 Å². The van der Waals surface area contributed by atoms with Crippen molar-refractivity contribution in [2.45, 2.75) is 19.9 Å². The molecule has 3 aromatic rings. The van der Waals surface area contributed by atoms with Crippen LogP contribution in [-0.2, 0) is 7.05 Å². The fraction of sp³-hybridized carbons (Fsp3) is 0.250. The van der Waals surface area contributed by atoms with Crippen molar-refractivity contribution in [3.8, 4) is 10.6 Å². The van der Waals surface area contributed by atoms with Gasteiger partial charge in [-0.05, 0) is 25.3 Å². The number of nitrogens with zero attached hydrogens (tertiary/aromatic N) is 3. The van der Waals surface area contributed by atoms with Crippen LogP contribution in [0.15, 0.2) is 23.7 Å². The number of carbonyl (C=O) groups is 2. The molecule has 9 heteroatoms. The standard InChI is InChI=1S/C16H16N4O3S2/c1-8-13(16(22)23)25-15(18-8)9(2)17-14(21)10-7-20(3)19-12(10)11-5-4-6-24-11/h4-7,9H,1-3H3,(H,17,21)(H,22,23). The van der Waals surface area contributed by atoms with Gasteiger partial charge in [0.1, 0.15) is 15.6 Å². The van der Waals surface area contributed by atoms with Crippen LogP contribution in [-0.4, -0.2) is 31.7 Å². The van der Waals surface area contributed by atoms with Crippen LogP contribution in [0.3, 0.4) is 0 Å². The fourth-order valence-electron chi connectivity index (χ4n) is 2.39. The van der Waals surface area contributed by atoms with E-state index in [0.29, 0.717) is 22.0 Å². The molecule has 1 atom stereocenters. The summed E-state index contributed by atoms with van der Waals surface area (Å²) in [7, 11) is 1.76. The number of carbonyl (C=O) groups excluding carboxylic acids is 1. The van der Waals surface area contributed by atoms with Gasteiger partial charge >= 0.3 is 5.97 Å². The monoisotopic (exact) mass is 376 g/mol. The third-order valence-electron chi connectivity index (χ3n) is 3.55. The molecule has 0 saturated carbocycles. The Morgan fingerprint density at radius 3 is 2.76 bits per heavy atom. The van der Waals surface area contributed by atoms with Crippen LogP contribution in [0.2, 0.25) is 0 Å². The first-order valence-electron chi connectivity index (χ1n) is 7.45. The van der Waals surface area contributed by atoms with Crippen LogP contribution in [0.5, 0.6) is 0 Å². The maximum absolute atomic E-state index is 12.7. The van der Waals surface area contributed by atoms with E-state index >= 15 is 0 Å². The highest BCUT2D eigenvalue weighted by Crippen LogP contribution is 2.28. The van der Waals surface area contributed by atoms with Gasteiger partial charge in [0.15, 0.2) is 0 Å².